The van der Waals surface area contributed by atoms with Crippen molar-refractivity contribution >= 4 is 23.4 Å². The summed E-state index contributed by atoms with van der Waals surface area (Å²) in [7, 11) is 0. The fourth-order valence-corrected chi connectivity index (χ4v) is 4.22. The number of thioether (sulfide) groups is 1. The third kappa shape index (κ3) is 3.29. The summed E-state index contributed by atoms with van der Waals surface area (Å²) in [5, 5.41) is 6.68. The van der Waals surface area contributed by atoms with Crippen LogP contribution in [0.5, 0.6) is 0 Å². The Kier molecular flexibility index (Phi) is 4.51. The second-order valence-corrected chi connectivity index (χ2v) is 6.91. The molecule has 2 aliphatic heterocycles. The molecule has 2 fully saturated rings. The van der Waals surface area contributed by atoms with E-state index in [1.54, 1.807) is 0 Å². The van der Waals surface area contributed by atoms with E-state index < -0.39 is 0 Å². The van der Waals surface area contributed by atoms with Crippen molar-refractivity contribution in [3.8, 4) is 0 Å². The number of carbonyl (C=O) groups excluding carboxylic acids is 1. The number of rotatable bonds is 4. The van der Waals surface area contributed by atoms with Crippen molar-refractivity contribution < 1.29 is 4.79 Å². The van der Waals surface area contributed by atoms with Gasteiger partial charge in [0.25, 0.3) is 0 Å². The normalized spacial score (nSPS) is 23.6. The molecule has 3 nitrogen and oxygen atoms in total. The molecular formula is C16H22N2OS. The highest BCUT2D eigenvalue weighted by Crippen LogP contribution is 2.30. The van der Waals surface area contributed by atoms with Crippen LogP contribution in [0.1, 0.15) is 37.3 Å². The van der Waals surface area contributed by atoms with Crippen molar-refractivity contribution in [1.82, 2.24) is 5.32 Å². The van der Waals surface area contributed by atoms with E-state index in [1.165, 1.54) is 35.6 Å². The Labute approximate surface area is 124 Å². The maximum atomic E-state index is 11.4. The minimum atomic E-state index is 0.175. The summed E-state index contributed by atoms with van der Waals surface area (Å²) in [6.45, 7) is 1.05. The zero-order chi connectivity index (χ0) is 13.8. The molecule has 0 aliphatic carbocycles. The second-order valence-electron chi connectivity index (χ2n) is 5.68. The summed E-state index contributed by atoms with van der Waals surface area (Å²) in [5.41, 5.74) is 2.43. The minimum Gasteiger partial charge on any atom is -0.384 e. The lowest BCUT2D eigenvalue weighted by Gasteiger charge is -2.24. The van der Waals surface area contributed by atoms with Gasteiger partial charge >= 0.3 is 0 Å². The van der Waals surface area contributed by atoms with E-state index in [2.05, 4.69) is 46.7 Å². The largest absolute Gasteiger partial charge is 0.384 e. The van der Waals surface area contributed by atoms with E-state index in [9.17, 15) is 4.79 Å². The highest BCUT2D eigenvalue weighted by Gasteiger charge is 2.24. The molecule has 1 atom stereocenters. The first-order valence-electron chi connectivity index (χ1n) is 7.53. The van der Waals surface area contributed by atoms with E-state index in [1.807, 2.05) is 0 Å². The topological polar surface area (TPSA) is 41.1 Å². The standard InChI is InChI=1S/C16H22N2OS/c19-16-6-5-15(18-16)13-3-1-2-4-14(13)17-11-12-7-9-20-10-8-12/h1-4,12,15,17H,5-11H2,(H,18,19). The predicted octanol–water partition coefficient (Wildman–Crippen LogP) is 3.19. The number of amides is 1. The van der Waals surface area contributed by atoms with Gasteiger partial charge in [-0.25, -0.2) is 0 Å². The van der Waals surface area contributed by atoms with Crippen LogP contribution in [0.2, 0.25) is 0 Å². The van der Waals surface area contributed by atoms with E-state index in [0.29, 0.717) is 6.42 Å². The summed E-state index contributed by atoms with van der Waals surface area (Å²) >= 11 is 2.07. The van der Waals surface area contributed by atoms with Gasteiger partial charge in [0.15, 0.2) is 0 Å². The third-order valence-electron chi connectivity index (χ3n) is 4.25. The van der Waals surface area contributed by atoms with Crippen LogP contribution in [0.25, 0.3) is 0 Å². The summed E-state index contributed by atoms with van der Waals surface area (Å²) in [6, 6.07) is 8.59. The van der Waals surface area contributed by atoms with Gasteiger partial charge in [0.2, 0.25) is 5.91 Å². The van der Waals surface area contributed by atoms with E-state index >= 15 is 0 Å². The SMILES string of the molecule is O=C1CCC(c2ccccc2NCC2CCSCC2)N1. The maximum absolute atomic E-state index is 11.4. The molecule has 2 N–H and O–H groups in total. The maximum Gasteiger partial charge on any atom is 0.220 e. The Hall–Kier alpha value is -1.16. The van der Waals surface area contributed by atoms with Crippen molar-refractivity contribution in [2.45, 2.75) is 31.7 Å². The molecule has 0 aromatic heterocycles. The Balaban J connectivity index is 1.64. The molecule has 108 valence electrons. The van der Waals surface area contributed by atoms with Crippen LogP contribution in [-0.4, -0.2) is 24.0 Å². The summed E-state index contributed by atoms with van der Waals surface area (Å²) in [5.74, 6) is 3.57. The number of hydrogen-bond donors (Lipinski definition) is 2. The molecule has 0 spiro atoms. The predicted molar refractivity (Wildman–Crippen MR) is 85.1 cm³/mol. The lowest BCUT2D eigenvalue weighted by atomic mass is 10.0. The van der Waals surface area contributed by atoms with Crippen molar-refractivity contribution in [2.75, 3.05) is 23.4 Å². The lowest BCUT2D eigenvalue weighted by Crippen LogP contribution is -2.22. The molecule has 20 heavy (non-hydrogen) atoms. The van der Waals surface area contributed by atoms with Crippen LogP contribution in [0.4, 0.5) is 5.69 Å². The molecule has 0 bridgehead atoms. The van der Waals surface area contributed by atoms with Gasteiger partial charge in [0.05, 0.1) is 6.04 Å². The highest BCUT2D eigenvalue weighted by molar-refractivity contribution is 7.99. The van der Waals surface area contributed by atoms with E-state index in [-0.39, 0.29) is 11.9 Å². The molecule has 2 saturated heterocycles. The first-order chi connectivity index (χ1) is 9.83. The van der Waals surface area contributed by atoms with Crippen LogP contribution >= 0.6 is 11.8 Å². The molecule has 1 aromatic carbocycles. The monoisotopic (exact) mass is 290 g/mol. The molecule has 4 heteroatoms. The third-order valence-corrected chi connectivity index (χ3v) is 5.30. The molecule has 0 radical (unpaired) electrons. The van der Waals surface area contributed by atoms with Gasteiger partial charge < -0.3 is 10.6 Å². The molecule has 1 aromatic rings. The van der Waals surface area contributed by atoms with Crippen LogP contribution in [0, 0.1) is 5.92 Å². The Morgan fingerprint density at radius 1 is 1.20 bits per heavy atom. The molecule has 0 saturated carbocycles. The second kappa shape index (κ2) is 6.53. The fraction of sp³-hybridized carbons (Fsp3) is 0.562. The van der Waals surface area contributed by atoms with Crippen molar-refractivity contribution in [1.29, 1.82) is 0 Å². The molecule has 3 rings (SSSR count). The van der Waals surface area contributed by atoms with Gasteiger partial charge in [-0.1, -0.05) is 18.2 Å². The Bertz CT molecular complexity index is 471. The zero-order valence-electron chi connectivity index (χ0n) is 11.7. The van der Waals surface area contributed by atoms with Crippen LogP contribution in [-0.2, 0) is 4.79 Å². The van der Waals surface area contributed by atoms with Gasteiger partial charge in [-0.2, -0.15) is 11.8 Å². The average molecular weight is 290 g/mol. The number of hydrogen-bond acceptors (Lipinski definition) is 3. The van der Waals surface area contributed by atoms with Crippen molar-refractivity contribution in [3.63, 3.8) is 0 Å². The number of nitrogens with one attached hydrogen (secondary N) is 2. The van der Waals surface area contributed by atoms with Crippen LogP contribution in [0.3, 0.4) is 0 Å². The zero-order valence-corrected chi connectivity index (χ0v) is 12.5. The van der Waals surface area contributed by atoms with Gasteiger partial charge in [0.1, 0.15) is 0 Å². The first kappa shape index (κ1) is 13.8. The number of benzene rings is 1. The van der Waals surface area contributed by atoms with Crippen molar-refractivity contribution in [3.05, 3.63) is 29.8 Å². The van der Waals surface area contributed by atoms with Crippen molar-refractivity contribution in [2.24, 2.45) is 5.92 Å². The highest BCUT2D eigenvalue weighted by atomic mass is 32.2. The molecular weight excluding hydrogens is 268 g/mol. The van der Waals surface area contributed by atoms with Gasteiger partial charge in [-0.15, -0.1) is 0 Å². The Morgan fingerprint density at radius 2 is 2.00 bits per heavy atom. The average Bonchev–Trinajstić information content (AvgIpc) is 2.93. The van der Waals surface area contributed by atoms with E-state index in [0.717, 1.165) is 18.9 Å². The fourth-order valence-electron chi connectivity index (χ4n) is 3.01. The lowest BCUT2D eigenvalue weighted by molar-refractivity contribution is -0.119. The Morgan fingerprint density at radius 3 is 2.75 bits per heavy atom. The molecule has 2 heterocycles. The molecule has 2 aliphatic rings. The van der Waals surface area contributed by atoms with E-state index in [4.69, 9.17) is 0 Å². The number of carbonyl (C=O) groups is 1. The number of para-hydroxylation sites is 1. The first-order valence-corrected chi connectivity index (χ1v) is 8.68. The van der Waals surface area contributed by atoms with Gasteiger partial charge in [0, 0.05) is 18.7 Å². The molecule has 1 amide bonds. The van der Waals surface area contributed by atoms with Crippen LogP contribution in [0.15, 0.2) is 24.3 Å². The summed E-state index contributed by atoms with van der Waals surface area (Å²) in [4.78, 5) is 11.4. The molecule has 1 unspecified atom stereocenters. The number of anilines is 1. The van der Waals surface area contributed by atoms with Crippen LogP contribution < -0.4 is 10.6 Å². The van der Waals surface area contributed by atoms with Gasteiger partial charge in [-0.05, 0) is 48.3 Å². The quantitative estimate of drug-likeness (QED) is 0.895. The smallest absolute Gasteiger partial charge is 0.220 e. The summed E-state index contributed by atoms with van der Waals surface area (Å²) < 4.78 is 0. The minimum absolute atomic E-state index is 0.175. The summed E-state index contributed by atoms with van der Waals surface area (Å²) in [6.07, 6.45) is 4.20. The van der Waals surface area contributed by atoms with Gasteiger partial charge in [-0.3, -0.25) is 4.79 Å².